The molecule has 4 heterocycles. The van der Waals surface area contributed by atoms with E-state index in [4.69, 9.17) is 27.7 Å². The standard InChI is InChI=1S/C30H23ClF3N5O2/c1-5-19-14-35-28(38(19)4)21-12-17(2)37-27-20(21)8-6-10-26(27)41-16-22-24(31)13-18(3)36-25(22)15-39-11-7-9-23(29(39)40)30(32,33)34/h1,6-14H,15-16H2,2-4H3. The van der Waals surface area contributed by atoms with Gasteiger partial charge in [-0.25, -0.2) is 9.97 Å². The van der Waals surface area contributed by atoms with Crippen molar-refractivity contribution < 1.29 is 17.9 Å². The van der Waals surface area contributed by atoms with E-state index < -0.39 is 17.3 Å². The number of alkyl halides is 3. The number of hydrogen-bond donors (Lipinski definition) is 0. The second kappa shape index (κ2) is 10.7. The molecule has 208 valence electrons. The van der Waals surface area contributed by atoms with Gasteiger partial charge in [0.2, 0.25) is 0 Å². The number of halogens is 4. The first-order valence-corrected chi connectivity index (χ1v) is 12.8. The maximum atomic E-state index is 13.3. The van der Waals surface area contributed by atoms with Crippen LogP contribution in [0.3, 0.4) is 0 Å². The molecule has 41 heavy (non-hydrogen) atoms. The van der Waals surface area contributed by atoms with E-state index >= 15 is 0 Å². The van der Waals surface area contributed by atoms with Crippen LogP contribution in [0.15, 0.2) is 59.7 Å². The summed E-state index contributed by atoms with van der Waals surface area (Å²) in [5, 5.41) is 1.10. The number of aryl methyl sites for hydroxylation is 2. The highest BCUT2D eigenvalue weighted by Gasteiger charge is 2.34. The Morgan fingerprint density at radius 1 is 1.10 bits per heavy atom. The quantitative estimate of drug-likeness (QED) is 0.228. The highest BCUT2D eigenvalue weighted by Crippen LogP contribution is 2.34. The average Bonchev–Trinajstić information content (AvgIpc) is 3.28. The Hall–Kier alpha value is -4.62. The largest absolute Gasteiger partial charge is 0.486 e. The molecule has 0 N–H and O–H groups in total. The number of imidazole rings is 1. The fourth-order valence-electron chi connectivity index (χ4n) is 4.64. The Kier molecular flexibility index (Phi) is 7.32. The Bertz CT molecular complexity index is 1900. The van der Waals surface area contributed by atoms with Gasteiger partial charge in [-0.2, -0.15) is 13.2 Å². The van der Waals surface area contributed by atoms with Crippen LogP contribution in [-0.4, -0.2) is 24.1 Å². The van der Waals surface area contributed by atoms with Crippen molar-refractivity contribution in [2.24, 2.45) is 7.05 Å². The normalized spacial score (nSPS) is 11.6. The molecule has 0 bridgehead atoms. The molecule has 7 nitrogen and oxygen atoms in total. The van der Waals surface area contributed by atoms with E-state index in [9.17, 15) is 18.0 Å². The second-order valence-corrected chi connectivity index (χ2v) is 9.85. The Morgan fingerprint density at radius 2 is 1.85 bits per heavy atom. The second-order valence-electron chi connectivity index (χ2n) is 9.45. The van der Waals surface area contributed by atoms with Gasteiger partial charge in [0.05, 0.1) is 23.5 Å². The van der Waals surface area contributed by atoms with Gasteiger partial charge in [-0.3, -0.25) is 9.78 Å². The number of terminal acetylenes is 1. The Balaban J connectivity index is 1.53. The van der Waals surface area contributed by atoms with Crippen molar-refractivity contribution in [2.45, 2.75) is 33.2 Å². The van der Waals surface area contributed by atoms with Crippen LogP contribution in [0, 0.1) is 26.2 Å². The van der Waals surface area contributed by atoms with Crippen LogP contribution in [0.4, 0.5) is 13.2 Å². The molecule has 4 aromatic heterocycles. The van der Waals surface area contributed by atoms with E-state index in [2.05, 4.69) is 15.9 Å². The van der Waals surface area contributed by atoms with Crippen LogP contribution in [0.5, 0.6) is 5.75 Å². The number of pyridine rings is 3. The van der Waals surface area contributed by atoms with Crippen LogP contribution in [0.2, 0.25) is 5.02 Å². The summed E-state index contributed by atoms with van der Waals surface area (Å²) in [5.74, 6) is 3.74. The Labute approximate surface area is 238 Å². The molecule has 0 saturated heterocycles. The summed E-state index contributed by atoms with van der Waals surface area (Å²) < 4.78 is 49.0. The minimum Gasteiger partial charge on any atom is -0.486 e. The first-order chi connectivity index (χ1) is 19.5. The molecule has 0 fully saturated rings. The molecule has 0 spiro atoms. The minimum absolute atomic E-state index is 0.0666. The van der Waals surface area contributed by atoms with Gasteiger partial charge in [0.15, 0.2) is 0 Å². The summed E-state index contributed by atoms with van der Waals surface area (Å²) in [6.07, 6.45) is 3.72. The van der Waals surface area contributed by atoms with Gasteiger partial charge in [-0.1, -0.05) is 29.7 Å². The van der Waals surface area contributed by atoms with Crippen molar-refractivity contribution in [2.75, 3.05) is 0 Å². The third-order valence-electron chi connectivity index (χ3n) is 6.61. The number of aromatic nitrogens is 5. The number of nitrogens with zero attached hydrogens (tertiary/aromatic N) is 5. The monoisotopic (exact) mass is 577 g/mol. The van der Waals surface area contributed by atoms with Gasteiger partial charge in [0.25, 0.3) is 5.56 Å². The predicted octanol–water partition coefficient (Wildman–Crippen LogP) is 6.09. The lowest BCUT2D eigenvalue weighted by atomic mass is 10.1. The van der Waals surface area contributed by atoms with Gasteiger partial charge in [-0.05, 0) is 44.2 Å². The van der Waals surface area contributed by atoms with Crippen molar-refractivity contribution in [3.63, 3.8) is 0 Å². The van der Waals surface area contributed by atoms with E-state index in [1.807, 2.05) is 36.7 Å². The number of para-hydroxylation sites is 1. The molecule has 0 amide bonds. The van der Waals surface area contributed by atoms with Crippen molar-refractivity contribution in [3.8, 4) is 29.5 Å². The minimum atomic E-state index is -4.78. The zero-order valence-electron chi connectivity index (χ0n) is 22.3. The molecule has 5 aromatic rings. The van der Waals surface area contributed by atoms with Crippen LogP contribution < -0.4 is 10.3 Å². The molecular weight excluding hydrogens is 555 g/mol. The summed E-state index contributed by atoms with van der Waals surface area (Å²) in [5.41, 5.74) is 1.63. The molecule has 5 rings (SSSR count). The summed E-state index contributed by atoms with van der Waals surface area (Å²) in [4.78, 5) is 26.3. The highest BCUT2D eigenvalue weighted by atomic mass is 35.5. The molecule has 1 aromatic carbocycles. The SMILES string of the molecule is C#Cc1cnc(-c2cc(C)nc3c(OCc4c(Cl)cc(C)nc4Cn4cccc(C(F)(F)F)c4=O)cccc23)n1C. The third-order valence-corrected chi connectivity index (χ3v) is 6.95. The summed E-state index contributed by atoms with van der Waals surface area (Å²) >= 11 is 6.56. The van der Waals surface area contributed by atoms with Crippen molar-refractivity contribution in [1.82, 2.24) is 24.1 Å². The maximum absolute atomic E-state index is 13.3. The molecule has 0 saturated carbocycles. The lowest BCUT2D eigenvalue weighted by Gasteiger charge is -2.16. The lowest BCUT2D eigenvalue weighted by Crippen LogP contribution is -2.29. The molecule has 0 unspecified atom stereocenters. The van der Waals surface area contributed by atoms with Crippen LogP contribution in [-0.2, 0) is 26.4 Å². The van der Waals surface area contributed by atoms with E-state index in [-0.39, 0.29) is 13.2 Å². The van der Waals surface area contributed by atoms with Crippen LogP contribution in [0.25, 0.3) is 22.3 Å². The topological polar surface area (TPSA) is 74.8 Å². The van der Waals surface area contributed by atoms with Gasteiger partial charge in [-0.15, -0.1) is 6.42 Å². The molecule has 0 aliphatic rings. The fraction of sp³-hybridized carbons (Fsp3) is 0.200. The zero-order valence-corrected chi connectivity index (χ0v) is 23.0. The molecule has 0 atom stereocenters. The molecule has 11 heteroatoms. The smallest absolute Gasteiger partial charge is 0.421 e. The van der Waals surface area contributed by atoms with Crippen LogP contribution >= 0.6 is 11.6 Å². The predicted molar refractivity (Wildman–Crippen MR) is 150 cm³/mol. The van der Waals surface area contributed by atoms with E-state index in [1.165, 1.54) is 12.3 Å². The molecule has 0 radical (unpaired) electrons. The number of ether oxygens (including phenoxy) is 1. The lowest BCUT2D eigenvalue weighted by molar-refractivity contribution is -0.138. The molecular formula is C30H23ClF3N5O2. The number of rotatable bonds is 6. The van der Waals surface area contributed by atoms with E-state index in [1.54, 1.807) is 25.3 Å². The highest BCUT2D eigenvalue weighted by molar-refractivity contribution is 6.31. The van der Waals surface area contributed by atoms with Gasteiger partial charge in [0, 0.05) is 41.1 Å². The zero-order chi connectivity index (χ0) is 29.5. The van der Waals surface area contributed by atoms with Crippen molar-refractivity contribution in [1.29, 1.82) is 0 Å². The average molecular weight is 578 g/mol. The maximum Gasteiger partial charge on any atom is 0.421 e. The fourth-order valence-corrected chi connectivity index (χ4v) is 4.96. The first kappa shape index (κ1) is 27.9. The summed E-state index contributed by atoms with van der Waals surface area (Å²) in [6, 6.07) is 11.0. The first-order valence-electron chi connectivity index (χ1n) is 12.4. The number of fused-ring (bicyclic) bond motifs is 1. The van der Waals surface area contributed by atoms with Crippen molar-refractivity contribution >= 4 is 22.5 Å². The summed E-state index contributed by atoms with van der Waals surface area (Å²) in [6.45, 7) is 3.27. The number of hydrogen-bond acceptors (Lipinski definition) is 5. The summed E-state index contributed by atoms with van der Waals surface area (Å²) in [7, 11) is 1.84. The van der Waals surface area contributed by atoms with E-state index in [0.717, 1.165) is 27.3 Å². The van der Waals surface area contributed by atoms with Crippen molar-refractivity contribution in [3.05, 3.63) is 104 Å². The third kappa shape index (κ3) is 5.41. The Morgan fingerprint density at radius 3 is 2.56 bits per heavy atom. The van der Waals surface area contributed by atoms with Crippen LogP contribution in [0.1, 0.15) is 33.9 Å². The van der Waals surface area contributed by atoms with Gasteiger partial charge in [0.1, 0.15) is 35.0 Å². The van der Waals surface area contributed by atoms with Gasteiger partial charge >= 0.3 is 6.18 Å². The van der Waals surface area contributed by atoms with E-state index in [0.29, 0.717) is 44.8 Å². The molecule has 0 aliphatic heterocycles. The number of benzene rings is 1. The molecule has 0 aliphatic carbocycles. The van der Waals surface area contributed by atoms with Gasteiger partial charge < -0.3 is 13.9 Å².